The van der Waals surface area contributed by atoms with Crippen LogP contribution < -0.4 is 9.47 Å². The molecule has 2 aromatic heterocycles. The van der Waals surface area contributed by atoms with Crippen LogP contribution in [0.1, 0.15) is 15.3 Å². The van der Waals surface area contributed by atoms with Crippen molar-refractivity contribution in [2.45, 2.75) is 11.2 Å². The van der Waals surface area contributed by atoms with Gasteiger partial charge in [0.25, 0.3) is 0 Å². The molecule has 0 fully saturated rings. The minimum absolute atomic E-state index is 0.320. The summed E-state index contributed by atoms with van der Waals surface area (Å²) in [5, 5.41) is 2.14. The smallest absolute Gasteiger partial charge is 0.160 e. The molecule has 3 rings (SSSR count). The van der Waals surface area contributed by atoms with Crippen LogP contribution in [-0.2, 0) is 6.42 Å². The summed E-state index contributed by atoms with van der Waals surface area (Å²) in [6.07, 6.45) is 0.925. The van der Waals surface area contributed by atoms with Crippen LogP contribution in [0.4, 0.5) is 0 Å². The molecule has 1 atom stereocenters. The molecule has 2 heterocycles. The molecule has 0 amide bonds. The lowest BCUT2D eigenvalue weighted by atomic mass is 10.1. The molecule has 5 heteroatoms. The zero-order valence-corrected chi connectivity index (χ0v) is 15.0. The number of alkyl halides is 1. The molecule has 0 radical (unpaired) electrons. The van der Waals surface area contributed by atoms with Crippen LogP contribution in [0.3, 0.4) is 0 Å². The van der Waals surface area contributed by atoms with E-state index in [2.05, 4.69) is 39.5 Å². The van der Waals surface area contributed by atoms with Crippen LogP contribution in [0.2, 0.25) is 0 Å². The molecule has 0 aliphatic heterocycles. The van der Waals surface area contributed by atoms with Crippen molar-refractivity contribution < 1.29 is 9.47 Å². The summed E-state index contributed by atoms with van der Waals surface area (Å²) >= 11 is 7.46. The Morgan fingerprint density at radius 1 is 1.05 bits per heavy atom. The fourth-order valence-corrected chi connectivity index (χ4v) is 5.14. The number of fused-ring (bicyclic) bond motifs is 1. The number of benzene rings is 1. The molecule has 2 nitrogen and oxygen atoms in total. The van der Waals surface area contributed by atoms with E-state index in [9.17, 15) is 0 Å². The summed E-state index contributed by atoms with van der Waals surface area (Å²) in [7, 11) is 3.32. The molecule has 0 saturated heterocycles. The Morgan fingerprint density at radius 3 is 2.57 bits per heavy atom. The summed E-state index contributed by atoms with van der Waals surface area (Å²) in [4.78, 5) is 1.69. The fourth-order valence-electron chi connectivity index (χ4n) is 2.25. The van der Waals surface area contributed by atoms with Gasteiger partial charge in [-0.15, -0.1) is 22.7 Å². The number of halogens is 1. The molecule has 110 valence electrons. The number of hydrogen-bond donors (Lipinski definition) is 0. The Balaban J connectivity index is 1.80. The molecule has 21 heavy (non-hydrogen) atoms. The second-order valence-electron chi connectivity index (χ2n) is 4.66. The van der Waals surface area contributed by atoms with Gasteiger partial charge in [0.05, 0.1) is 19.0 Å². The van der Waals surface area contributed by atoms with Gasteiger partial charge in [-0.05, 0) is 41.6 Å². The standard InChI is InChI=1S/C16H15BrO2S2/c1-18-12-4-3-10(8-13(12)19-2)7-11(17)15-9-16-14(21-15)5-6-20-16/h3-6,8-9,11H,7H2,1-2H3. The van der Waals surface area contributed by atoms with E-state index in [4.69, 9.17) is 9.47 Å². The quantitative estimate of drug-likeness (QED) is 0.530. The van der Waals surface area contributed by atoms with Gasteiger partial charge in [0.1, 0.15) is 0 Å². The molecule has 1 unspecified atom stereocenters. The average molecular weight is 383 g/mol. The lowest BCUT2D eigenvalue weighted by Crippen LogP contribution is -1.96. The summed E-state index contributed by atoms with van der Waals surface area (Å²) in [5.41, 5.74) is 1.23. The van der Waals surface area contributed by atoms with E-state index in [1.807, 2.05) is 23.5 Å². The monoisotopic (exact) mass is 382 g/mol. The van der Waals surface area contributed by atoms with Gasteiger partial charge in [-0.3, -0.25) is 0 Å². The van der Waals surface area contributed by atoms with E-state index in [1.165, 1.54) is 19.8 Å². The Bertz CT molecular complexity index is 719. The van der Waals surface area contributed by atoms with Gasteiger partial charge >= 0.3 is 0 Å². The maximum atomic E-state index is 5.36. The predicted octanol–water partition coefficient (Wildman–Crippen LogP) is 5.66. The van der Waals surface area contributed by atoms with Crippen molar-refractivity contribution in [3.8, 4) is 11.5 Å². The summed E-state index contributed by atoms with van der Waals surface area (Å²) < 4.78 is 13.4. The molecule has 0 bridgehead atoms. The SMILES string of the molecule is COc1ccc(CC(Br)c2cc3sccc3s2)cc1OC. The van der Waals surface area contributed by atoms with Crippen molar-refractivity contribution in [3.63, 3.8) is 0 Å². The molecule has 0 aliphatic rings. The lowest BCUT2D eigenvalue weighted by molar-refractivity contribution is 0.354. The van der Waals surface area contributed by atoms with Crippen LogP contribution in [-0.4, -0.2) is 14.2 Å². The molecule has 0 aliphatic carbocycles. The Hall–Kier alpha value is -1.04. The third-order valence-electron chi connectivity index (χ3n) is 3.33. The van der Waals surface area contributed by atoms with Crippen LogP contribution >= 0.6 is 38.6 Å². The van der Waals surface area contributed by atoms with Crippen molar-refractivity contribution in [2.75, 3.05) is 14.2 Å². The molecular weight excluding hydrogens is 368 g/mol. The Morgan fingerprint density at radius 2 is 1.86 bits per heavy atom. The normalized spacial score (nSPS) is 12.5. The lowest BCUT2D eigenvalue weighted by Gasteiger charge is -2.11. The maximum absolute atomic E-state index is 5.36. The second kappa shape index (κ2) is 6.38. The second-order valence-corrected chi connectivity index (χ2v) is 7.83. The molecule has 0 N–H and O–H groups in total. The Labute approximate surface area is 140 Å². The van der Waals surface area contributed by atoms with Gasteiger partial charge in [0.15, 0.2) is 11.5 Å². The number of methoxy groups -OCH3 is 2. The van der Waals surface area contributed by atoms with Crippen molar-refractivity contribution in [1.82, 2.24) is 0 Å². The topological polar surface area (TPSA) is 18.5 Å². The highest BCUT2D eigenvalue weighted by Gasteiger charge is 2.14. The van der Waals surface area contributed by atoms with Gasteiger partial charge < -0.3 is 9.47 Å². The summed E-state index contributed by atoms with van der Waals surface area (Å²) in [6.45, 7) is 0. The zero-order chi connectivity index (χ0) is 14.8. The van der Waals surface area contributed by atoms with Gasteiger partial charge in [0, 0.05) is 14.3 Å². The van der Waals surface area contributed by atoms with Crippen molar-refractivity contribution in [2.24, 2.45) is 0 Å². The number of ether oxygens (including phenoxy) is 2. The van der Waals surface area contributed by atoms with E-state index in [0.29, 0.717) is 4.83 Å². The minimum Gasteiger partial charge on any atom is -0.493 e. The highest BCUT2D eigenvalue weighted by molar-refractivity contribution is 9.09. The molecule has 3 aromatic rings. The highest BCUT2D eigenvalue weighted by Crippen LogP contribution is 2.39. The minimum atomic E-state index is 0.320. The first-order valence-electron chi connectivity index (χ1n) is 6.53. The number of hydrogen-bond acceptors (Lipinski definition) is 4. The first-order valence-corrected chi connectivity index (χ1v) is 9.14. The van der Waals surface area contributed by atoms with Gasteiger partial charge in [-0.1, -0.05) is 22.0 Å². The zero-order valence-electron chi connectivity index (χ0n) is 11.8. The average Bonchev–Trinajstić information content (AvgIpc) is 3.08. The maximum Gasteiger partial charge on any atom is 0.160 e. The fraction of sp³-hybridized carbons (Fsp3) is 0.250. The molecule has 1 aromatic carbocycles. The van der Waals surface area contributed by atoms with Crippen molar-refractivity contribution in [3.05, 3.63) is 46.2 Å². The first kappa shape index (κ1) is 14.9. The Kier molecular flexibility index (Phi) is 4.52. The predicted molar refractivity (Wildman–Crippen MR) is 94.6 cm³/mol. The van der Waals surface area contributed by atoms with Crippen LogP contribution in [0.5, 0.6) is 11.5 Å². The van der Waals surface area contributed by atoms with Crippen molar-refractivity contribution in [1.29, 1.82) is 0 Å². The number of thiophene rings is 2. The number of rotatable bonds is 5. The van der Waals surface area contributed by atoms with Crippen LogP contribution in [0.25, 0.3) is 9.40 Å². The molecular formula is C16H15BrO2S2. The molecule has 0 saturated carbocycles. The summed E-state index contributed by atoms with van der Waals surface area (Å²) in [6, 6.07) is 10.6. The molecule has 0 spiro atoms. The first-order chi connectivity index (χ1) is 10.2. The van der Waals surface area contributed by atoms with Gasteiger partial charge in [-0.25, -0.2) is 0 Å². The van der Waals surface area contributed by atoms with E-state index in [0.717, 1.165) is 17.9 Å². The highest BCUT2D eigenvalue weighted by atomic mass is 79.9. The van der Waals surface area contributed by atoms with Gasteiger partial charge in [-0.2, -0.15) is 0 Å². The van der Waals surface area contributed by atoms with E-state index < -0.39 is 0 Å². The largest absolute Gasteiger partial charge is 0.493 e. The van der Waals surface area contributed by atoms with Crippen molar-refractivity contribution >= 4 is 48.0 Å². The van der Waals surface area contributed by atoms with Crippen LogP contribution in [0, 0.1) is 0 Å². The summed E-state index contributed by atoms with van der Waals surface area (Å²) in [5.74, 6) is 1.55. The third-order valence-corrected chi connectivity index (χ3v) is 6.66. The van der Waals surface area contributed by atoms with E-state index in [1.54, 1.807) is 25.6 Å². The third kappa shape index (κ3) is 3.10. The van der Waals surface area contributed by atoms with Crippen LogP contribution in [0.15, 0.2) is 35.7 Å². The van der Waals surface area contributed by atoms with E-state index in [-0.39, 0.29) is 0 Å². The van der Waals surface area contributed by atoms with Gasteiger partial charge in [0.2, 0.25) is 0 Å². The van der Waals surface area contributed by atoms with E-state index >= 15 is 0 Å².